The molecule has 0 saturated heterocycles. The second kappa shape index (κ2) is 5.46. The molecule has 0 amide bonds. The van der Waals surface area contributed by atoms with E-state index >= 15 is 0 Å². The van der Waals surface area contributed by atoms with Crippen molar-refractivity contribution in [2.45, 2.75) is 13.0 Å². The molecule has 1 N–H and O–H groups in total. The van der Waals surface area contributed by atoms with Gasteiger partial charge in [-0.3, -0.25) is 0 Å². The lowest BCUT2D eigenvalue weighted by atomic mass is 10.2. The molecule has 0 aliphatic rings. The summed E-state index contributed by atoms with van der Waals surface area (Å²) in [6.45, 7) is 1.69. The lowest BCUT2D eigenvalue weighted by Gasteiger charge is -2.11. The molecule has 1 atom stereocenters. The van der Waals surface area contributed by atoms with E-state index in [0.717, 1.165) is 3.57 Å². The highest BCUT2D eigenvalue weighted by molar-refractivity contribution is 14.1. The van der Waals surface area contributed by atoms with E-state index in [9.17, 15) is 5.11 Å². The molecule has 3 nitrogen and oxygen atoms in total. The van der Waals surface area contributed by atoms with Crippen LogP contribution in [0.3, 0.4) is 0 Å². The molecule has 0 fully saturated rings. The summed E-state index contributed by atoms with van der Waals surface area (Å²) in [6.07, 6.45) is 1.05. The van der Waals surface area contributed by atoms with E-state index in [1.165, 1.54) is 0 Å². The molecule has 1 unspecified atom stereocenters. The van der Waals surface area contributed by atoms with Gasteiger partial charge in [0.1, 0.15) is 5.75 Å². The third-order valence-corrected chi connectivity index (χ3v) is 3.00. The molecule has 0 bridgehead atoms. The Morgan fingerprint density at radius 2 is 1.94 bits per heavy atom. The van der Waals surface area contributed by atoms with Gasteiger partial charge in [0.2, 0.25) is 5.88 Å². The number of aliphatic hydroxyl groups is 1. The second-order valence-electron chi connectivity index (χ2n) is 3.63. The first-order valence-electron chi connectivity index (χ1n) is 5.23. The summed E-state index contributed by atoms with van der Waals surface area (Å²) in [7, 11) is 0. The largest absolute Gasteiger partial charge is 0.439 e. The van der Waals surface area contributed by atoms with Crippen LogP contribution in [-0.2, 0) is 0 Å². The topological polar surface area (TPSA) is 42.4 Å². The minimum absolute atomic E-state index is 0.448. The lowest BCUT2D eigenvalue weighted by Crippen LogP contribution is -1.97. The zero-order valence-corrected chi connectivity index (χ0v) is 11.5. The number of hydrogen-bond acceptors (Lipinski definition) is 3. The molecule has 0 saturated carbocycles. The van der Waals surface area contributed by atoms with E-state index < -0.39 is 6.10 Å². The molecular formula is C13H12INO2. The number of halogens is 1. The van der Waals surface area contributed by atoms with Crippen molar-refractivity contribution in [2.24, 2.45) is 0 Å². The number of nitrogens with zero attached hydrogens (tertiary/aromatic N) is 1. The van der Waals surface area contributed by atoms with E-state index in [1.54, 1.807) is 25.3 Å². The maximum Gasteiger partial charge on any atom is 0.225 e. The number of benzene rings is 1. The molecule has 88 valence electrons. The van der Waals surface area contributed by atoms with Crippen molar-refractivity contribution in [1.29, 1.82) is 0 Å². The van der Waals surface area contributed by atoms with Crippen LogP contribution in [0.5, 0.6) is 11.6 Å². The summed E-state index contributed by atoms with van der Waals surface area (Å²) in [4.78, 5) is 4.13. The maximum atomic E-state index is 9.61. The first-order valence-corrected chi connectivity index (χ1v) is 6.31. The van der Waals surface area contributed by atoms with E-state index in [-0.39, 0.29) is 0 Å². The van der Waals surface area contributed by atoms with Gasteiger partial charge in [0.25, 0.3) is 0 Å². The highest BCUT2D eigenvalue weighted by Crippen LogP contribution is 2.27. The van der Waals surface area contributed by atoms with Gasteiger partial charge in [-0.05, 0) is 65.9 Å². The fourth-order valence-corrected chi connectivity index (χ4v) is 1.78. The molecule has 4 heteroatoms. The van der Waals surface area contributed by atoms with Crippen LogP contribution in [0.25, 0.3) is 0 Å². The van der Waals surface area contributed by atoms with Crippen LogP contribution in [-0.4, -0.2) is 10.1 Å². The predicted molar refractivity (Wildman–Crippen MR) is 74.1 cm³/mol. The van der Waals surface area contributed by atoms with Gasteiger partial charge < -0.3 is 9.84 Å². The van der Waals surface area contributed by atoms with Crippen LogP contribution >= 0.6 is 22.6 Å². The second-order valence-corrected chi connectivity index (χ2v) is 4.88. The average molecular weight is 341 g/mol. The zero-order chi connectivity index (χ0) is 12.3. The van der Waals surface area contributed by atoms with Gasteiger partial charge >= 0.3 is 0 Å². The van der Waals surface area contributed by atoms with Crippen LogP contribution in [0.15, 0.2) is 42.6 Å². The highest BCUT2D eigenvalue weighted by Gasteiger charge is 2.10. The Morgan fingerprint density at radius 3 is 2.59 bits per heavy atom. The smallest absolute Gasteiger partial charge is 0.225 e. The SMILES string of the molecule is CC(O)c1cccnc1Oc1ccc(I)cc1. The molecule has 0 spiro atoms. The standard InChI is InChI=1S/C13H12INO2/c1-9(16)12-3-2-8-15-13(12)17-11-6-4-10(14)5-7-11/h2-9,16H,1H3. The third-order valence-electron chi connectivity index (χ3n) is 2.28. The van der Waals surface area contributed by atoms with Gasteiger partial charge in [-0.25, -0.2) is 4.98 Å². The van der Waals surface area contributed by atoms with Gasteiger partial charge in [-0.2, -0.15) is 0 Å². The minimum Gasteiger partial charge on any atom is -0.439 e. The zero-order valence-electron chi connectivity index (χ0n) is 9.30. The number of hydrogen-bond donors (Lipinski definition) is 1. The Labute approximate surface area is 114 Å². The van der Waals surface area contributed by atoms with E-state index in [1.807, 2.05) is 24.3 Å². The van der Waals surface area contributed by atoms with Crippen LogP contribution in [0.2, 0.25) is 0 Å². The summed E-state index contributed by atoms with van der Waals surface area (Å²) in [5.41, 5.74) is 0.686. The lowest BCUT2D eigenvalue weighted by molar-refractivity contribution is 0.194. The maximum absolute atomic E-state index is 9.61. The Balaban J connectivity index is 2.26. The third kappa shape index (κ3) is 3.17. The average Bonchev–Trinajstić information content (AvgIpc) is 2.32. The van der Waals surface area contributed by atoms with Crippen molar-refractivity contribution in [2.75, 3.05) is 0 Å². The summed E-state index contributed by atoms with van der Waals surface area (Å²) in [5.74, 6) is 1.16. The van der Waals surface area contributed by atoms with Crippen LogP contribution in [0, 0.1) is 3.57 Å². The number of rotatable bonds is 3. The molecule has 2 aromatic rings. The molecule has 0 aliphatic heterocycles. The van der Waals surface area contributed by atoms with Gasteiger partial charge in [0.15, 0.2) is 0 Å². The fourth-order valence-electron chi connectivity index (χ4n) is 1.42. The number of pyridine rings is 1. The minimum atomic E-state index is -0.595. The van der Waals surface area contributed by atoms with Gasteiger partial charge in [-0.15, -0.1) is 0 Å². The molecule has 0 radical (unpaired) electrons. The summed E-state index contributed by atoms with van der Waals surface area (Å²) in [6, 6.07) is 11.3. The van der Waals surface area contributed by atoms with Gasteiger partial charge in [0, 0.05) is 15.3 Å². The van der Waals surface area contributed by atoms with Crippen LogP contribution in [0.1, 0.15) is 18.6 Å². The fraction of sp³-hybridized carbons (Fsp3) is 0.154. The monoisotopic (exact) mass is 341 g/mol. The number of ether oxygens (including phenoxy) is 1. The normalized spacial score (nSPS) is 12.2. The number of aromatic nitrogens is 1. The Kier molecular flexibility index (Phi) is 3.96. The Bertz CT molecular complexity index is 497. The van der Waals surface area contributed by atoms with Crippen molar-refractivity contribution >= 4 is 22.6 Å². The van der Waals surface area contributed by atoms with Crippen molar-refractivity contribution in [1.82, 2.24) is 4.98 Å². The summed E-state index contributed by atoms with van der Waals surface area (Å²) >= 11 is 2.23. The van der Waals surface area contributed by atoms with Gasteiger partial charge in [0.05, 0.1) is 6.10 Å². The van der Waals surface area contributed by atoms with Crippen LogP contribution in [0.4, 0.5) is 0 Å². The van der Waals surface area contributed by atoms with Crippen molar-refractivity contribution in [3.8, 4) is 11.6 Å². The quantitative estimate of drug-likeness (QED) is 0.869. The first-order chi connectivity index (χ1) is 8.16. The first kappa shape index (κ1) is 12.3. The van der Waals surface area contributed by atoms with Crippen molar-refractivity contribution in [3.63, 3.8) is 0 Å². The molecule has 1 aromatic heterocycles. The van der Waals surface area contributed by atoms with E-state index in [0.29, 0.717) is 17.2 Å². The molecule has 2 rings (SSSR count). The molecule has 0 aliphatic carbocycles. The Hall–Kier alpha value is -1.14. The van der Waals surface area contributed by atoms with Gasteiger partial charge in [-0.1, -0.05) is 0 Å². The molecule has 1 aromatic carbocycles. The molecule has 17 heavy (non-hydrogen) atoms. The molecule has 1 heterocycles. The van der Waals surface area contributed by atoms with E-state index in [2.05, 4.69) is 27.6 Å². The van der Waals surface area contributed by atoms with Crippen LogP contribution < -0.4 is 4.74 Å². The number of aliphatic hydroxyl groups excluding tert-OH is 1. The van der Waals surface area contributed by atoms with Crippen molar-refractivity contribution < 1.29 is 9.84 Å². The predicted octanol–water partition coefficient (Wildman–Crippen LogP) is 3.53. The highest BCUT2D eigenvalue weighted by atomic mass is 127. The van der Waals surface area contributed by atoms with Crippen molar-refractivity contribution in [3.05, 3.63) is 51.7 Å². The Morgan fingerprint density at radius 1 is 1.24 bits per heavy atom. The molecular weight excluding hydrogens is 329 g/mol. The summed E-state index contributed by atoms with van der Waals surface area (Å²) in [5, 5.41) is 9.61. The van der Waals surface area contributed by atoms with E-state index in [4.69, 9.17) is 4.74 Å². The summed E-state index contributed by atoms with van der Waals surface area (Å²) < 4.78 is 6.80.